The summed E-state index contributed by atoms with van der Waals surface area (Å²) in [5.74, 6) is 1.22. The Morgan fingerprint density at radius 2 is 1.47 bits per heavy atom. The van der Waals surface area contributed by atoms with Crippen LogP contribution in [0.3, 0.4) is 0 Å². The van der Waals surface area contributed by atoms with Gasteiger partial charge in [0.25, 0.3) is 0 Å². The van der Waals surface area contributed by atoms with E-state index in [-0.39, 0.29) is 5.95 Å². The predicted molar refractivity (Wildman–Crippen MR) is 72.9 cm³/mol. The van der Waals surface area contributed by atoms with Gasteiger partial charge in [-0.15, -0.1) is 0 Å². The number of anilines is 1. The van der Waals surface area contributed by atoms with Gasteiger partial charge in [-0.1, -0.05) is 36.4 Å². The van der Waals surface area contributed by atoms with E-state index >= 15 is 0 Å². The molecule has 2 heterocycles. The second-order valence-electron chi connectivity index (χ2n) is 3.92. The van der Waals surface area contributed by atoms with E-state index in [1.807, 2.05) is 48.5 Å². The summed E-state index contributed by atoms with van der Waals surface area (Å²) < 4.78 is 0. The average molecular weight is 249 g/mol. The van der Waals surface area contributed by atoms with Crippen LogP contribution in [-0.4, -0.2) is 19.9 Å². The number of rotatable bonds is 2. The number of nitrogen functional groups attached to an aromatic ring is 1. The summed E-state index contributed by atoms with van der Waals surface area (Å²) in [6.45, 7) is 0. The molecule has 0 aliphatic heterocycles. The number of benzene rings is 1. The van der Waals surface area contributed by atoms with E-state index in [1.54, 1.807) is 6.20 Å². The van der Waals surface area contributed by atoms with Gasteiger partial charge in [0.2, 0.25) is 5.95 Å². The topological polar surface area (TPSA) is 77.6 Å². The van der Waals surface area contributed by atoms with Crippen LogP contribution in [0, 0.1) is 0 Å². The average Bonchev–Trinajstić information content (AvgIpc) is 2.48. The highest BCUT2D eigenvalue weighted by Gasteiger charge is 2.08. The molecule has 0 fully saturated rings. The van der Waals surface area contributed by atoms with Gasteiger partial charge in [-0.3, -0.25) is 4.98 Å². The molecule has 1 aromatic carbocycles. The van der Waals surface area contributed by atoms with Crippen molar-refractivity contribution < 1.29 is 0 Å². The lowest BCUT2D eigenvalue weighted by atomic mass is 10.2. The lowest BCUT2D eigenvalue weighted by molar-refractivity contribution is 1.06. The molecule has 2 aromatic heterocycles. The molecule has 0 radical (unpaired) electrons. The first kappa shape index (κ1) is 11.3. The van der Waals surface area contributed by atoms with Gasteiger partial charge in [0, 0.05) is 11.8 Å². The molecule has 2 N–H and O–H groups in total. The summed E-state index contributed by atoms with van der Waals surface area (Å²) in [5, 5.41) is 0. The number of hydrogen-bond acceptors (Lipinski definition) is 5. The van der Waals surface area contributed by atoms with Crippen LogP contribution in [0.5, 0.6) is 0 Å². The monoisotopic (exact) mass is 249 g/mol. The van der Waals surface area contributed by atoms with E-state index < -0.39 is 0 Å². The fourth-order valence-electron chi connectivity index (χ4n) is 1.72. The molecular weight excluding hydrogens is 238 g/mol. The molecule has 92 valence electrons. The number of nitrogens with two attached hydrogens (primary N) is 1. The molecule has 0 bridgehead atoms. The number of nitrogens with zero attached hydrogens (tertiary/aromatic N) is 4. The Morgan fingerprint density at radius 1 is 0.737 bits per heavy atom. The molecule has 0 aliphatic carbocycles. The van der Waals surface area contributed by atoms with E-state index in [9.17, 15) is 0 Å². The zero-order valence-corrected chi connectivity index (χ0v) is 10.1. The van der Waals surface area contributed by atoms with E-state index in [0.717, 1.165) is 5.56 Å². The summed E-state index contributed by atoms with van der Waals surface area (Å²) in [4.78, 5) is 16.9. The second kappa shape index (κ2) is 4.81. The van der Waals surface area contributed by atoms with E-state index in [4.69, 9.17) is 5.73 Å². The molecule has 5 nitrogen and oxygen atoms in total. The van der Waals surface area contributed by atoms with E-state index in [1.165, 1.54) is 0 Å². The fraction of sp³-hybridized carbons (Fsp3) is 0. The second-order valence-corrected chi connectivity index (χ2v) is 3.92. The van der Waals surface area contributed by atoms with Gasteiger partial charge in [-0.2, -0.15) is 9.97 Å². The number of hydrogen-bond donors (Lipinski definition) is 1. The third kappa shape index (κ3) is 2.40. The third-order valence-electron chi connectivity index (χ3n) is 2.58. The van der Waals surface area contributed by atoms with Crippen LogP contribution in [0.4, 0.5) is 5.95 Å². The van der Waals surface area contributed by atoms with Crippen molar-refractivity contribution in [1.29, 1.82) is 0 Å². The maximum atomic E-state index is 5.74. The smallest absolute Gasteiger partial charge is 0.224 e. The Hall–Kier alpha value is -2.82. The molecule has 0 saturated carbocycles. The van der Waals surface area contributed by atoms with Crippen molar-refractivity contribution in [2.24, 2.45) is 0 Å². The van der Waals surface area contributed by atoms with Crippen LogP contribution in [0.1, 0.15) is 0 Å². The van der Waals surface area contributed by atoms with Crippen LogP contribution < -0.4 is 5.73 Å². The maximum Gasteiger partial charge on any atom is 0.224 e. The lowest BCUT2D eigenvalue weighted by Gasteiger charge is -2.04. The van der Waals surface area contributed by atoms with Crippen LogP contribution in [0.15, 0.2) is 54.7 Å². The summed E-state index contributed by atoms with van der Waals surface area (Å²) in [6.07, 6.45) is 1.69. The van der Waals surface area contributed by atoms with E-state index in [2.05, 4.69) is 19.9 Å². The van der Waals surface area contributed by atoms with Gasteiger partial charge in [-0.05, 0) is 12.1 Å². The minimum Gasteiger partial charge on any atom is -0.368 e. The van der Waals surface area contributed by atoms with Gasteiger partial charge in [-0.25, -0.2) is 4.98 Å². The maximum absolute atomic E-state index is 5.74. The standard InChI is InChI=1S/C14H11N5/c15-14-18-12(10-6-2-1-3-7-10)17-13(19-14)11-8-4-5-9-16-11/h1-9H,(H2,15,17,18,19). The Bertz CT molecular complexity index is 625. The van der Waals surface area contributed by atoms with Crippen LogP contribution >= 0.6 is 0 Å². The molecule has 0 saturated heterocycles. The number of pyridine rings is 1. The van der Waals surface area contributed by atoms with Gasteiger partial charge in [0.05, 0.1) is 0 Å². The minimum absolute atomic E-state index is 0.189. The molecule has 0 spiro atoms. The Kier molecular flexibility index (Phi) is 2.86. The largest absolute Gasteiger partial charge is 0.368 e. The fourth-order valence-corrected chi connectivity index (χ4v) is 1.72. The van der Waals surface area contributed by atoms with Crippen molar-refractivity contribution in [3.05, 3.63) is 54.7 Å². The SMILES string of the molecule is Nc1nc(-c2ccccc2)nc(-c2ccccn2)n1. The van der Waals surface area contributed by atoms with Crippen molar-refractivity contribution in [2.75, 3.05) is 5.73 Å². The lowest BCUT2D eigenvalue weighted by Crippen LogP contribution is -2.02. The Balaban J connectivity index is 2.12. The zero-order valence-electron chi connectivity index (χ0n) is 10.1. The first-order chi connectivity index (χ1) is 9.33. The first-order valence-electron chi connectivity index (χ1n) is 5.81. The first-order valence-corrected chi connectivity index (χ1v) is 5.81. The Labute approximate surface area is 110 Å². The van der Waals surface area contributed by atoms with Gasteiger partial charge < -0.3 is 5.73 Å². The van der Waals surface area contributed by atoms with Crippen molar-refractivity contribution in [3.8, 4) is 22.9 Å². The zero-order chi connectivity index (χ0) is 13.1. The van der Waals surface area contributed by atoms with Crippen LogP contribution in [0.25, 0.3) is 22.9 Å². The summed E-state index contributed by atoms with van der Waals surface area (Å²) >= 11 is 0. The molecule has 0 amide bonds. The van der Waals surface area contributed by atoms with Crippen molar-refractivity contribution in [1.82, 2.24) is 19.9 Å². The minimum atomic E-state index is 0.189. The van der Waals surface area contributed by atoms with E-state index in [0.29, 0.717) is 17.3 Å². The predicted octanol–water partition coefficient (Wildman–Crippen LogP) is 2.18. The summed E-state index contributed by atoms with van der Waals surface area (Å²) in [7, 11) is 0. The van der Waals surface area contributed by atoms with Crippen LogP contribution in [0.2, 0.25) is 0 Å². The van der Waals surface area contributed by atoms with Crippen molar-refractivity contribution in [3.63, 3.8) is 0 Å². The highest BCUT2D eigenvalue weighted by atomic mass is 15.1. The van der Waals surface area contributed by atoms with Crippen LogP contribution in [-0.2, 0) is 0 Å². The van der Waals surface area contributed by atoms with Crippen molar-refractivity contribution in [2.45, 2.75) is 0 Å². The molecule has 3 rings (SSSR count). The molecule has 0 atom stereocenters. The quantitative estimate of drug-likeness (QED) is 0.753. The third-order valence-corrected chi connectivity index (χ3v) is 2.58. The molecule has 5 heteroatoms. The normalized spacial score (nSPS) is 10.3. The summed E-state index contributed by atoms with van der Waals surface area (Å²) in [6, 6.07) is 15.2. The van der Waals surface area contributed by atoms with Gasteiger partial charge >= 0.3 is 0 Å². The highest BCUT2D eigenvalue weighted by molar-refractivity contribution is 5.60. The van der Waals surface area contributed by atoms with Crippen molar-refractivity contribution >= 4 is 5.95 Å². The summed E-state index contributed by atoms with van der Waals surface area (Å²) in [5.41, 5.74) is 7.32. The molecule has 0 aliphatic rings. The molecule has 3 aromatic rings. The number of aromatic nitrogens is 4. The van der Waals surface area contributed by atoms with Gasteiger partial charge in [0.15, 0.2) is 11.6 Å². The molecule has 19 heavy (non-hydrogen) atoms. The highest BCUT2D eigenvalue weighted by Crippen LogP contribution is 2.18. The molecule has 0 unspecified atom stereocenters. The molecular formula is C14H11N5. The Morgan fingerprint density at radius 3 is 2.21 bits per heavy atom. The van der Waals surface area contributed by atoms with Gasteiger partial charge in [0.1, 0.15) is 5.69 Å².